The van der Waals surface area contributed by atoms with E-state index in [1.807, 2.05) is 0 Å². The summed E-state index contributed by atoms with van der Waals surface area (Å²) in [5.74, 6) is -0.525. The lowest BCUT2D eigenvalue weighted by atomic mass is 10.2. The summed E-state index contributed by atoms with van der Waals surface area (Å²) in [5, 5.41) is 10.6. The van der Waals surface area contributed by atoms with Gasteiger partial charge in [-0.3, -0.25) is 15.1 Å². The van der Waals surface area contributed by atoms with Crippen molar-refractivity contribution in [2.75, 3.05) is 7.11 Å². The fourth-order valence-corrected chi connectivity index (χ4v) is 1.05. The molecule has 0 fully saturated rings. The number of rotatable bonds is 3. The number of nitro groups is 1. The molecule has 0 saturated carbocycles. The smallest absolute Gasteiger partial charge is 0.330 e. The number of nitrogens with zero attached hydrogens (tertiary/aromatic N) is 2. The molecule has 6 nitrogen and oxygen atoms in total. The Morgan fingerprint density at radius 1 is 1.62 bits per heavy atom. The van der Waals surface area contributed by atoms with Gasteiger partial charge >= 0.3 is 5.97 Å². The molecule has 0 aliphatic carbocycles. The fourth-order valence-electron chi connectivity index (χ4n) is 1.05. The van der Waals surface area contributed by atoms with Gasteiger partial charge in [-0.2, -0.15) is 0 Å². The van der Waals surface area contributed by atoms with E-state index < -0.39 is 10.9 Å². The van der Waals surface area contributed by atoms with E-state index in [4.69, 9.17) is 0 Å². The monoisotopic (exact) mass is 222 g/mol. The third-order valence-electron chi connectivity index (χ3n) is 1.89. The van der Waals surface area contributed by atoms with Crippen LogP contribution in [0, 0.1) is 17.0 Å². The molecule has 1 aromatic heterocycles. The number of methoxy groups -OCH3 is 1. The molecular weight excluding hydrogens is 212 g/mol. The predicted octanol–water partition coefficient (Wildman–Crippen LogP) is 1.48. The van der Waals surface area contributed by atoms with Gasteiger partial charge in [0.15, 0.2) is 0 Å². The molecule has 0 aliphatic rings. The predicted molar refractivity (Wildman–Crippen MR) is 56.7 cm³/mol. The second kappa shape index (κ2) is 5.01. The summed E-state index contributed by atoms with van der Waals surface area (Å²) in [7, 11) is 1.25. The van der Waals surface area contributed by atoms with Crippen molar-refractivity contribution in [2.24, 2.45) is 0 Å². The second-order valence-corrected chi connectivity index (χ2v) is 2.99. The molecule has 84 valence electrons. The second-order valence-electron chi connectivity index (χ2n) is 2.99. The number of aryl methyl sites for hydroxylation is 1. The molecule has 0 unspecified atom stereocenters. The van der Waals surface area contributed by atoms with E-state index >= 15 is 0 Å². The van der Waals surface area contributed by atoms with Crippen molar-refractivity contribution in [2.45, 2.75) is 6.92 Å². The molecule has 0 radical (unpaired) electrons. The Balaban J connectivity index is 2.99. The van der Waals surface area contributed by atoms with Gasteiger partial charge in [-0.05, 0) is 18.6 Å². The topological polar surface area (TPSA) is 82.3 Å². The normalized spacial score (nSPS) is 10.4. The fraction of sp³-hybridized carbons (Fsp3) is 0.200. The third kappa shape index (κ3) is 2.88. The minimum absolute atomic E-state index is 0.0768. The Morgan fingerprint density at radius 3 is 2.88 bits per heavy atom. The van der Waals surface area contributed by atoms with Gasteiger partial charge in [0, 0.05) is 18.3 Å². The van der Waals surface area contributed by atoms with Gasteiger partial charge < -0.3 is 4.74 Å². The lowest BCUT2D eigenvalue weighted by molar-refractivity contribution is -0.385. The van der Waals surface area contributed by atoms with Gasteiger partial charge in [0.1, 0.15) is 5.69 Å². The summed E-state index contributed by atoms with van der Waals surface area (Å²) >= 11 is 0. The highest BCUT2D eigenvalue weighted by Gasteiger charge is 2.11. The van der Waals surface area contributed by atoms with Gasteiger partial charge in [-0.15, -0.1) is 0 Å². The van der Waals surface area contributed by atoms with Crippen molar-refractivity contribution < 1.29 is 14.5 Å². The van der Waals surface area contributed by atoms with Crippen LogP contribution in [0.5, 0.6) is 0 Å². The Hall–Kier alpha value is -2.24. The van der Waals surface area contributed by atoms with E-state index in [2.05, 4.69) is 9.72 Å². The first-order valence-electron chi connectivity index (χ1n) is 4.41. The quantitative estimate of drug-likeness (QED) is 0.335. The van der Waals surface area contributed by atoms with Crippen molar-refractivity contribution >= 4 is 17.7 Å². The van der Waals surface area contributed by atoms with Crippen LogP contribution in [-0.2, 0) is 9.53 Å². The van der Waals surface area contributed by atoms with Gasteiger partial charge in [-0.1, -0.05) is 0 Å². The first kappa shape index (κ1) is 11.8. The first-order chi connectivity index (χ1) is 7.54. The Labute approximate surface area is 91.7 Å². The highest BCUT2D eigenvalue weighted by Crippen LogP contribution is 2.17. The van der Waals surface area contributed by atoms with E-state index in [0.29, 0.717) is 11.3 Å². The molecule has 0 saturated heterocycles. The van der Waals surface area contributed by atoms with Crippen LogP contribution in [0.4, 0.5) is 5.69 Å². The number of hydrogen-bond acceptors (Lipinski definition) is 5. The number of pyridine rings is 1. The van der Waals surface area contributed by atoms with Crippen LogP contribution in [0.15, 0.2) is 18.3 Å². The van der Waals surface area contributed by atoms with Gasteiger partial charge in [0.05, 0.1) is 12.0 Å². The number of aromatic nitrogens is 1. The maximum atomic E-state index is 10.8. The first-order valence-corrected chi connectivity index (χ1v) is 4.41. The van der Waals surface area contributed by atoms with Crippen molar-refractivity contribution in [1.29, 1.82) is 0 Å². The SMILES string of the molecule is COC(=O)C=Cc1cnc(C)c([N+](=O)[O-])c1. The molecule has 1 aromatic rings. The molecule has 0 amide bonds. The molecule has 0 atom stereocenters. The standard InChI is InChI=1S/C10H10N2O4/c1-7-9(12(14)15)5-8(6-11-7)3-4-10(13)16-2/h3-6H,1-2H3. The lowest BCUT2D eigenvalue weighted by Crippen LogP contribution is -1.96. The number of esters is 1. The average Bonchev–Trinajstić information content (AvgIpc) is 2.27. The van der Waals surface area contributed by atoms with Crippen molar-refractivity contribution in [3.05, 3.63) is 39.7 Å². The molecule has 0 bridgehead atoms. The zero-order chi connectivity index (χ0) is 12.1. The summed E-state index contributed by atoms with van der Waals surface area (Å²) < 4.78 is 4.39. The molecule has 0 aliphatic heterocycles. The average molecular weight is 222 g/mol. The lowest BCUT2D eigenvalue weighted by Gasteiger charge is -1.97. The molecule has 0 aromatic carbocycles. The number of carbonyl (C=O) groups excluding carboxylic acids is 1. The Morgan fingerprint density at radius 2 is 2.31 bits per heavy atom. The van der Waals surface area contributed by atoms with Gasteiger partial charge in [0.2, 0.25) is 0 Å². The van der Waals surface area contributed by atoms with E-state index in [1.165, 1.54) is 31.5 Å². The van der Waals surface area contributed by atoms with Crippen LogP contribution in [0.2, 0.25) is 0 Å². The molecule has 16 heavy (non-hydrogen) atoms. The highest BCUT2D eigenvalue weighted by molar-refractivity contribution is 5.86. The molecule has 6 heteroatoms. The maximum Gasteiger partial charge on any atom is 0.330 e. The van der Waals surface area contributed by atoms with Crippen LogP contribution in [-0.4, -0.2) is 23.0 Å². The van der Waals surface area contributed by atoms with Crippen molar-refractivity contribution in [3.63, 3.8) is 0 Å². The van der Waals surface area contributed by atoms with Crippen LogP contribution in [0.3, 0.4) is 0 Å². The van der Waals surface area contributed by atoms with Gasteiger partial charge in [0.25, 0.3) is 5.69 Å². The summed E-state index contributed by atoms with van der Waals surface area (Å²) in [6.45, 7) is 1.55. The maximum absolute atomic E-state index is 10.8. The molecule has 0 N–H and O–H groups in total. The largest absolute Gasteiger partial charge is 0.466 e. The molecule has 1 heterocycles. The zero-order valence-electron chi connectivity index (χ0n) is 8.84. The van der Waals surface area contributed by atoms with E-state index in [9.17, 15) is 14.9 Å². The third-order valence-corrected chi connectivity index (χ3v) is 1.89. The van der Waals surface area contributed by atoms with Crippen LogP contribution >= 0.6 is 0 Å². The minimum Gasteiger partial charge on any atom is -0.466 e. The summed E-state index contributed by atoms with van der Waals surface area (Å²) in [6, 6.07) is 1.35. The van der Waals surface area contributed by atoms with Crippen molar-refractivity contribution in [1.82, 2.24) is 4.98 Å². The van der Waals surface area contributed by atoms with E-state index in [1.54, 1.807) is 6.92 Å². The summed E-state index contributed by atoms with van der Waals surface area (Å²) in [6.07, 6.45) is 4.03. The van der Waals surface area contributed by atoms with Crippen molar-refractivity contribution in [3.8, 4) is 0 Å². The number of ether oxygens (including phenoxy) is 1. The van der Waals surface area contributed by atoms with E-state index in [-0.39, 0.29) is 5.69 Å². The minimum atomic E-state index is -0.525. The molecular formula is C10H10N2O4. The zero-order valence-corrected chi connectivity index (χ0v) is 8.84. The number of carbonyl (C=O) groups is 1. The number of hydrogen-bond donors (Lipinski definition) is 0. The summed E-state index contributed by atoms with van der Waals surface area (Å²) in [4.78, 5) is 24.8. The molecule has 0 spiro atoms. The summed E-state index contributed by atoms with van der Waals surface area (Å²) in [5.41, 5.74) is 0.731. The van der Waals surface area contributed by atoms with Crippen LogP contribution < -0.4 is 0 Å². The van der Waals surface area contributed by atoms with Gasteiger partial charge in [-0.25, -0.2) is 4.79 Å². The van der Waals surface area contributed by atoms with Crippen LogP contribution in [0.1, 0.15) is 11.3 Å². The Kier molecular flexibility index (Phi) is 3.71. The highest BCUT2D eigenvalue weighted by atomic mass is 16.6. The Bertz CT molecular complexity index is 454. The molecule has 1 rings (SSSR count). The van der Waals surface area contributed by atoms with E-state index in [0.717, 1.165) is 0 Å². The van der Waals surface area contributed by atoms with Crippen LogP contribution in [0.25, 0.3) is 6.08 Å².